The first-order valence-electron chi connectivity index (χ1n) is 7.89. The standard InChI is InChI=1S/C19H27N2O2/c1-20(2)12-13-21(3)18-9-7-6-8-16(18)17-11-10-15(22-4)14-19(17)23-5/h6,8-11,14H,7,12-13H2,1-5H3. The Morgan fingerprint density at radius 2 is 1.83 bits per heavy atom. The number of allylic oxidation sites excluding steroid dienone is 4. The molecule has 0 aliphatic heterocycles. The number of hydrogen-bond acceptors (Lipinski definition) is 4. The van der Waals surface area contributed by atoms with Crippen molar-refractivity contribution in [3.63, 3.8) is 0 Å². The highest BCUT2D eigenvalue weighted by Gasteiger charge is 2.18. The molecule has 0 bridgehead atoms. The molecule has 1 aromatic carbocycles. The number of likely N-dealkylation sites (N-methyl/N-ethyl adjacent to an activating group) is 2. The van der Waals surface area contributed by atoms with E-state index in [1.165, 1.54) is 11.3 Å². The average molecular weight is 315 g/mol. The largest absolute Gasteiger partial charge is 0.497 e. The zero-order valence-electron chi connectivity index (χ0n) is 14.8. The first kappa shape index (κ1) is 17.4. The van der Waals surface area contributed by atoms with Crippen molar-refractivity contribution >= 4 is 5.57 Å². The van der Waals surface area contributed by atoms with E-state index in [-0.39, 0.29) is 0 Å². The molecule has 2 rings (SSSR count). The number of nitrogens with zero attached hydrogens (tertiary/aromatic N) is 2. The summed E-state index contributed by atoms with van der Waals surface area (Å²) in [6.07, 6.45) is 7.60. The molecule has 0 N–H and O–H groups in total. The predicted octanol–water partition coefficient (Wildman–Crippen LogP) is 3.07. The molecule has 4 heteroatoms. The lowest BCUT2D eigenvalue weighted by Crippen LogP contribution is -2.29. The molecule has 4 nitrogen and oxygen atoms in total. The summed E-state index contributed by atoms with van der Waals surface area (Å²) in [5.41, 5.74) is 3.53. The second-order valence-corrected chi connectivity index (χ2v) is 5.93. The Labute approximate surface area is 140 Å². The van der Waals surface area contributed by atoms with E-state index in [1.807, 2.05) is 12.1 Å². The smallest absolute Gasteiger partial charge is 0.130 e. The molecule has 0 fully saturated rings. The molecule has 1 aromatic rings. The topological polar surface area (TPSA) is 24.9 Å². The van der Waals surface area contributed by atoms with Crippen LogP contribution in [-0.4, -0.2) is 58.3 Å². The third-order valence-corrected chi connectivity index (χ3v) is 4.00. The van der Waals surface area contributed by atoms with E-state index in [4.69, 9.17) is 9.47 Å². The summed E-state index contributed by atoms with van der Waals surface area (Å²) in [5, 5.41) is 0. The third kappa shape index (κ3) is 4.29. The van der Waals surface area contributed by atoms with Gasteiger partial charge in [0.1, 0.15) is 11.5 Å². The molecule has 0 aromatic heterocycles. The molecule has 0 heterocycles. The van der Waals surface area contributed by atoms with E-state index in [0.717, 1.165) is 36.6 Å². The second kappa shape index (κ2) is 8.06. The second-order valence-electron chi connectivity index (χ2n) is 5.93. The molecule has 0 saturated carbocycles. The highest BCUT2D eigenvalue weighted by molar-refractivity contribution is 5.82. The normalized spacial score (nSPS) is 14.3. The first-order valence-corrected chi connectivity index (χ1v) is 7.89. The minimum absolute atomic E-state index is 0.803. The number of ether oxygens (including phenoxy) is 2. The van der Waals surface area contributed by atoms with Crippen LogP contribution in [0, 0.1) is 6.42 Å². The van der Waals surface area contributed by atoms with Crippen molar-refractivity contribution in [2.24, 2.45) is 0 Å². The van der Waals surface area contributed by atoms with E-state index < -0.39 is 0 Å². The lowest BCUT2D eigenvalue weighted by molar-refractivity contribution is 0.328. The monoisotopic (exact) mass is 315 g/mol. The van der Waals surface area contributed by atoms with Crippen LogP contribution in [0.15, 0.2) is 36.0 Å². The number of rotatable bonds is 7. The van der Waals surface area contributed by atoms with Crippen LogP contribution in [0.1, 0.15) is 12.0 Å². The van der Waals surface area contributed by atoms with Crippen LogP contribution in [0.2, 0.25) is 0 Å². The fourth-order valence-electron chi connectivity index (χ4n) is 2.64. The molecule has 0 unspecified atom stereocenters. The SMILES string of the molecule is COc1ccc(C2=C(N(C)CCN(C)C)[CH]CC=C2)c(OC)c1. The molecular weight excluding hydrogens is 288 g/mol. The Hall–Kier alpha value is -1.94. The quantitative estimate of drug-likeness (QED) is 0.772. The molecule has 1 aliphatic carbocycles. The molecule has 0 spiro atoms. The fraction of sp³-hybridized carbons (Fsp3) is 0.421. The lowest BCUT2D eigenvalue weighted by atomic mass is 9.95. The van der Waals surface area contributed by atoms with Crippen LogP contribution < -0.4 is 9.47 Å². The molecule has 125 valence electrons. The molecule has 0 amide bonds. The molecule has 1 radical (unpaired) electrons. The van der Waals surface area contributed by atoms with Gasteiger partial charge in [-0.15, -0.1) is 0 Å². The minimum Gasteiger partial charge on any atom is -0.497 e. The van der Waals surface area contributed by atoms with Crippen molar-refractivity contribution in [3.8, 4) is 11.5 Å². The summed E-state index contributed by atoms with van der Waals surface area (Å²) in [6, 6.07) is 5.98. The Balaban J connectivity index is 2.38. The van der Waals surface area contributed by atoms with Crippen molar-refractivity contribution < 1.29 is 9.47 Å². The van der Waals surface area contributed by atoms with Crippen LogP contribution >= 0.6 is 0 Å². The Bertz CT molecular complexity index is 591. The summed E-state index contributed by atoms with van der Waals surface area (Å²) in [4.78, 5) is 4.51. The van der Waals surface area contributed by atoms with Gasteiger partial charge in [0, 0.05) is 49.5 Å². The Morgan fingerprint density at radius 1 is 1.04 bits per heavy atom. The number of hydrogen-bond donors (Lipinski definition) is 0. The Kier molecular flexibility index (Phi) is 6.11. The van der Waals surface area contributed by atoms with E-state index in [9.17, 15) is 0 Å². The van der Waals surface area contributed by atoms with Crippen molar-refractivity contribution in [1.82, 2.24) is 9.80 Å². The van der Waals surface area contributed by atoms with Crippen LogP contribution in [-0.2, 0) is 0 Å². The third-order valence-electron chi connectivity index (χ3n) is 4.00. The van der Waals surface area contributed by atoms with Gasteiger partial charge in [0.05, 0.1) is 14.2 Å². The van der Waals surface area contributed by atoms with Crippen LogP contribution in [0.5, 0.6) is 11.5 Å². The van der Waals surface area contributed by atoms with Gasteiger partial charge in [0.25, 0.3) is 0 Å². The molecule has 0 saturated heterocycles. The summed E-state index contributed by atoms with van der Waals surface area (Å²) in [6.45, 7) is 2.00. The summed E-state index contributed by atoms with van der Waals surface area (Å²) in [5.74, 6) is 1.63. The summed E-state index contributed by atoms with van der Waals surface area (Å²) in [7, 11) is 9.71. The van der Waals surface area contributed by atoms with Crippen molar-refractivity contribution in [2.45, 2.75) is 6.42 Å². The van der Waals surface area contributed by atoms with E-state index in [0.29, 0.717) is 0 Å². The average Bonchev–Trinajstić information content (AvgIpc) is 2.59. The van der Waals surface area contributed by atoms with Gasteiger partial charge in [-0.25, -0.2) is 0 Å². The molecule has 0 atom stereocenters. The summed E-state index contributed by atoms with van der Waals surface area (Å²) >= 11 is 0. The zero-order valence-corrected chi connectivity index (χ0v) is 14.8. The first-order chi connectivity index (χ1) is 11.1. The van der Waals surface area contributed by atoms with Crippen molar-refractivity contribution in [2.75, 3.05) is 48.5 Å². The highest BCUT2D eigenvalue weighted by Crippen LogP contribution is 2.36. The highest BCUT2D eigenvalue weighted by atomic mass is 16.5. The predicted molar refractivity (Wildman–Crippen MR) is 95.7 cm³/mol. The van der Waals surface area contributed by atoms with Crippen LogP contribution in [0.25, 0.3) is 5.57 Å². The lowest BCUT2D eigenvalue weighted by Gasteiger charge is -2.28. The zero-order chi connectivity index (χ0) is 16.8. The maximum Gasteiger partial charge on any atom is 0.130 e. The van der Waals surface area contributed by atoms with E-state index in [2.05, 4.69) is 55.6 Å². The van der Waals surface area contributed by atoms with Gasteiger partial charge in [-0.3, -0.25) is 0 Å². The minimum atomic E-state index is 0.803. The van der Waals surface area contributed by atoms with Crippen molar-refractivity contribution in [3.05, 3.63) is 48.0 Å². The van der Waals surface area contributed by atoms with Crippen molar-refractivity contribution in [1.29, 1.82) is 0 Å². The van der Waals surface area contributed by atoms with E-state index >= 15 is 0 Å². The number of methoxy groups -OCH3 is 2. The van der Waals surface area contributed by atoms with Gasteiger partial charge in [-0.1, -0.05) is 12.2 Å². The summed E-state index contributed by atoms with van der Waals surface area (Å²) < 4.78 is 10.9. The maximum absolute atomic E-state index is 5.58. The fourth-order valence-corrected chi connectivity index (χ4v) is 2.64. The Morgan fingerprint density at radius 3 is 2.48 bits per heavy atom. The molecule has 23 heavy (non-hydrogen) atoms. The van der Waals surface area contributed by atoms with Gasteiger partial charge >= 0.3 is 0 Å². The molecular formula is C19H27N2O2. The van der Waals surface area contributed by atoms with Crippen LogP contribution in [0.3, 0.4) is 0 Å². The van der Waals surface area contributed by atoms with Crippen LogP contribution in [0.4, 0.5) is 0 Å². The van der Waals surface area contributed by atoms with Gasteiger partial charge in [0.2, 0.25) is 0 Å². The van der Waals surface area contributed by atoms with Gasteiger partial charge < -0.3 is 19.3 Å². The number of benzene rings is 1. The van der Waals surface area contributed by atoms with Gasteiger partial charge in [-0.05, 0) is 32.6 Å². The van der Waals surface area contributed by atoms with E-state index in [1.54, 1.807) is 14.2 Å². The maximum atomic E-state index is 5.58. The van der Waals surface area contributed by atoms with Gasteiger partial charge in [-0.2, -0.15) is 0 Å². The molecule has 1 aliphatic rings. The van der Waals surface area contributed by atoms with Gasteiger partial charge in [0.15, 0.2) is 0 Å².